The minimum atomic E-state index is -0.438. The van der Waals surface area contributed by atoms with Crippen LogP contribution in [0.3, 0.4) is 0 Å². The van der Waals surface area contributed by atoms with Crippen LogP contribution in [0, 0.1) is 5.82 Å². The van der Waals surface area contributed by atoms with Gasteiger partial charge < -0.3 is 4.74 Å². The van der Waals surface area contributed by atoms with E-state index in [4.69, 9.17) is 4.74 Å². The molecule has 2 nitrogen and oxygen atoms in total. The van der Waals surface area contributed by atoms with Crippen LogP contribution in [0.5, 0.6) is 5.75 Å². The molecule has 0 heterocycles. The maximum absolute atomic E-state index is 13.0. The molecule has 0 aliphatic heterocycles. The van der Waals surface area contributed by atoms with E-state index in [0.29, 0.717) is 10.9 Å². The molecule has 0 spiro atoms. The first-order valence-electron chi connectivity index (χ1n) is 4.29. The van der Waals surface area contributed by atoms with Crippen LogP contribution in [0.15, 0.2) is 22.7 Å². The molecule has 0 aromatic heterocycles. The van der Waals surface area contributed by atoms with Gasteiger partial charge in [0, 0.05) is 12.5 Å². The SMILES string of the molecule is CCCC(=O)Oc1ccc(Br)c(F)c1. The molecule has 0 aliphatic rings. The molecule has 0 aliphatic carbocycles. The van der Waals surface area contributed by atoms with Crippen molar-refractivity contribution in [2.45, 2.75) is 19.8 Å². The van der Waals surface area contributed by atoms with E-state index in [-0.39, 0.29) is 11.7 Å². The van der Waals surface area contributed by atoms with Gasteiger partial charge in [-0.15, -0.1) is 0 Å². The number of halogens is 2. The van der Waals surface area contributed by atoms with Gasteiger partial charge in [0.2, 0.25) is 0 Å². The van der Waals surface area contributed by atoms with Gasteiger partial charge in [0.05, 0.1) is 4.47 Å². The van der Waals surface area contributed by atoms with Crippen molar-refractivity contribution in [2.75, 3.05) is 0 Å². The first-order chi connectivity index (χ1) is 6.63. The van der Waals surface area contributed by atoms with Crippen molar-refractivity contribution in [3.63, 3.8) is 0 Å². The van der Waals surface area contributed by atoms with Crippen molar-refractivity contribution in [1.29, 1.82) is 0 Å². The molecule has 0 bridgehead atoms. The monoisotopic (exact) mass is 260 g/mol. The first-order valence-corrected chi connectivity index (χ1v) is 5.08. The molecule has 14 heavy (non-hydrogen) atoms. The quantitative estimate of drug-likeness (QED) is 0.616. The normalized spacial score (nSPS) is 9.93. The zero-order chi connectivity index (χ0) is 10.6. The third-order valence-electron chi connectivity index (χ3n) is 1.58. The van der Waals surface area contributed by atoms with Crippen LogP contribution >= 0.6 is 15.9 Å². The minimum Gasteiger partial charge on any atom is -0.426 e. The molecule has 0 fully saturated rings. The fourth-order valence-corrected chi connectivity index (χ4v) is 1.17. The molecule has 0 N–H and O–H groups in total. The number of hydrogen-bond donors (Lipinski definition) is 0. The van der Waals surface area contributed by atoms with E-state index in [1.165, 1.54) is 12.1 Å². The number of esters is 1. The highest BCUT2D eigenvalue weighted by molar-refractivity contribution is 9.10. The Labute approximate surface area is 90.2 Å². The molecule has 4 heteroatoms. The van der Waals surface area contributed by atoms with E-state index in [1.54, 1.807) is 6.07 Å². The summed E-state index contributed by atoms with van der Waals surface area (Å²) in [5.41, 5.74) is 0. The number of rotatable bonds is 3. The molecule has 0 saturated heterocycles. The maximum Gasteiger partial charge on any atom is 0.311 e. The molecular formula is C10H10BrFO2. The molecule has 1 aromatic rings. The second kappa shape index (κ2) is 5.10. The lowest BCUT2D eigenvalue weighted by Gasteiger charge is -2.03. The zero-order valence-electron chi connectivity index (χ0n) is 7.72. The Morgan fingerprint density at radius 2 is 2.29 bits per heavy atom. The summed E-state index contributed by atoms with van der Waals surface area (Å²) in [5.74, 6) is -0.537. The van der Waals surface area contributed by atoms with Gasteiger partial charge in [0.1, 0.15) is 11.6 Å². The van der Waals surface area contributed by atoms with Crippen LogP contribution in [-0.2, 0) is 4.79 Å². The Morgan fingerprint density at radius 3 is 2.86 bits per heavy atom. The minimum absolute atomic E-state index is 0.240. The summed E-state index contributed by atoms with van der Waals surface area (Å²) in [7, 11) is 0. The molecule has 0 unspecified atom stereocenters. The summed E-state index contributed by atoms with van der Waals surface area (Å²) < 4.78 is 18.2. The standard InChI is InChI=1S/C10H10BrFO2/c1-2-3-10(13)14-7-4-5-8(11)9(12)6-7/h4-6H,2-3H2,1H3. The van der Waals surface area contributed by atoms with Gasteiger partial charge in [0.15, 0.2) is 0 Å². The van der Waals surface area contributed by atoms with Crippen molar-refractivity contribution in [1.82, 2.24) is 0 Å². The lowest BCUT2D eigenvalue weighted by Crippen LogP contribution is -2.06. The lowest BCUT2D eigenvalue weighted by molar-refractivity contribution is -0.134. The fraction of sp³-hybridized carbons (Fsp3) is 0.300. The molecule has 1 aromatic carbocycles. The van der Waals surface area contributed by atoms with Gasteiger partial charge in [-0.1, -0.05) is 6.92 Å². The van der Waals surface area contributed by atoms with Crippen LogP contribution < -0.4 is 4.74 Å². The number of hydrogen-bond acceptors (Lipinski definition) is 2. The Morgan fingerprint density at radius 1 is 1.57 bits per heavy atom. The summed E-state index contributed by atoms with van der Waals surface area (Å²) in [6.45, 7) is 1.88. The van der Waals surface area contributed by atoms with Crippen molar-refractivity contribution in [3.8, 4) is 5.75 Å². The van der Waals surface area contributed by atoms with Crippen LogP contribution in [-0.4, -0.2) is 5.97 Å². The van der Waals surface area contributed by atoms with Gasteiger partial charge in [-0.05, 0) is 34.5 Å². The smallest absolute Gasteiger partial charge is 0.311 e. The number of benzene rings is 1. The Balaban J connectivity index is 2.68. The van der Waals surface area contributed by atoms with E-state index in [2.05, 4.69) is 15.9 Å². The van der Waals surface area contributed by atoms with Gasteiger partial charge in [-0.2, -0.15) is 0 Å². The number of carbonyl (C=O) groups excluding carboxylic acids is 1. The van der Waals surface area contributed by atoms with Crippen molar-refractivity contribution in [3.05, 3.63) is 28.5 Å². The third-order valence-corrected chi connectivity index (χ3v) is 2.22. The second-order valence-electron chi connectivity index (χ2n) is 2.80. The Bertz CT molecular complexity index is 339. The number of carbonyl (C=O) groups is 1. The second-order valence-corrected chi connectivity index (χ2v) is 3.65. The largest absolute Gasteiger partial charge is 0.426 e. The predicted octanol–water partition coefficient (Wildman–Crippen LogP) is 3.29. The van der Waals surface area contributed by atoms with E-state index in [9.17, 15) is 9.18 Å². The summed E-state index contributed by atoms with van der Waals surface area (Å²) in [6, 6.07) is 4.22. The molecule has 0 amide bonds. The third kappa shape index (κ3) is 3.10. The molecule has 0 atom stereocenters. The van der Waals surface area contributed by atoms with E-state index >= 15 is 0 Å². The highest BCUT2D eigenvalue weighted by Crippen LogP contribution is 2.21. The molecule has 1 rings (SSSR count). The summed E-state index contributed by atoms with van der Waals surface area (Å²) in [4.78, 5) is 11.1. The predicted molar refractivity (Wildman–Crippen MR) is 54.6 cm³/mol. The van der Waals surface area contributed by atoms with Crippen LogP contribution in [0.25, 0.3) is 0 Å². The lowest BCUT2D eigenvalue weighted by atomic mass is 10.3. The van der Waals surface area contributed by atoms with Gasteiger partial charge in [-0.25, -0.2) is 4.39 Å². The highest BCUT2D eigenvalue weighted by Gasteiger charge is 2.05. The molecule has 76 valence electrons. The molecular weight excluding hydrogens is 251 g/mol. The average molecular weight is 261 g/mol. The Hall–Kier alpha value is -0.900. The maximum atomic E-state index is 13.0. The van der Waals surface area contributed by atoms with Crippen molar-refractivity contribution < 1.29 is 13.9 Å². The molecule has 0 saturated carbocycles. The van der Waals surface area contributed by atoms with E-state index < -0.39 is 5.82 Å². The average Bonchev–Trinajstić information content (AvgIpc) is 2.12. The highest BCUT2D eigenvalue weighted by atomic mass is 79.9. The zero-order valence-corrected chi connectivity index (χ0v) is 9.30. The Kier molecular flexibility index (Phi) is 4.07. The summed E-state index contributed by atoms with van der Waals surface area (Å²) in [5, 5.41) is 0. The van der Waals surface area contributed by atoms with Crippen LogP contribution in [0.1, 0.15) is 19.8 Å². The molecule has 0 radical (unpaired) electrons. The number of ether oxygens (including phenoxy) is 1. The fourth-order valence-electron chi connectivity index (χ4n) is 0.927. The summed E-state index contributed by atoms with van der Waals surface area (Å²) >= 11 is 3.01. The van der Waals surface area contributed by atoms with E-state index in [0.717, 1.165) is 6.42 Å². The summed E-state index contributed by atoms with van der Waals surface area (Å²) in [6.07, 6.45) is 1.07. The van der Waals surface area contributed by atoms with Gasteiger partial charge in [-0.3, -0.25) is 4.79 Å². The van der Waals surface area contributed by atoms with E-state index in [1.807, 2.05) is 6.92 Å². The van der Waals surface area contributed by atoms with Gasteiger partial charge in [0.25, 0.3) is 0 Å². The van der Waals surface area contributed by atoms with Crippen molar-refractivity contribution in [2.24, 2.45) is 0 Å². The van der Waals surface area contributed by atoms with Crippen LogP contribution in [0.4, 0.5) is 4.39 Å². The topological polar surface area (TPSA) is 26.3 Å². The van der Waals surface area contributed by atoms with Gasteiger partial charge >= 0.3 is 5.97 Å². The van der Waals surface area contributed by atoms with Crippen LogP contribution in [0.2, 0.25) is 0 Å². The first kappa shape index (κ1) is 11.2. The van der Waals surface area contributed by atoms with Crippen molar-refractivity contribution >= 4 is 21.9 Å².